The average molecular weight is 246 g/mol. The molecule has 0 aliphatic carbocycles. The molecule has 0 radical (unpaired) electrons. The van der Waals surface area contributed by atoms with Crippen LogP contribution in [-0.4, -0.2) is 40.9 Å². The van der Waals surface area contributed by atoms with Crippen LogP contribution in [0.15, 0.2) is 5.18 Å². The summed E-state index contributed by atoms with van der Waals surface area (Å²) >= 11 is 0. The number of nitrogens with zero attached hydrogens (tertiary/aromatic N) is 1. The standard InChI is InChI=1S/C11H22N2O4/c1-6(2)9(13-8(4)14)11(16)10(15)7(3)5-12-17/h6-7,9-11,15-16H,5H2,1-4H3,(H,13,14)/t7-,9+,10+,11-/m1/s1. The number of hydrogen-bond acceptors (Lipinski definition) is 5. The van der Waals surface area contributed by atoms with Gasteiger partial charge in [-0.2, -0.15) is 4.91 Å². The molecule has 0 aliphatic heterocycles. The third kappa shape index (κ3) is 5.23. The van der Waals surface area contributed by atoms with Gasteiger partial charge in [-0.3, -0.25) is 4.79 Å². The molecule has 0 unspecified atom stereocenters. The van der Waals surface area contributed by atoms with E-state index in [9.17, 15) is 19.9 Å². The Morgan fingerprint density at radius 1 is 1.24 bits per heavy atom. The Morgan fingerprint density at radius 2 is 1.76 bits per heavy atom. The second-order valence-electron chi connectivity index (χ2n) is 4.74. The highest BCUT2D eigenvalue weighted by atomic mass is 16.3. The number of amides is 1. The summed E-state index contributed by atoms with van der Waals surface area (Å²) in [7, 11) is 0. The van der Waals surface area contributed by atoms with Crippen molar-refractivity contribution in [3.8, 4) is 0 Å². The molecular weight excluding hydrogens is 224 g/mol. The maximum atomic E-state index is 11.0. The van der Waals surface area contributed by atoms with Gasteiger partial charge in [-0.15, -0.1) is 0 Å². The van der Waals surface area contributed by atoms with Gasteiger partial charge in [0.25, 0.3) is 0 Å². The van der Waals surface area contributed by atoms with Gasteiger partial charge in [-0.05, 0) is 5.92 Å². The number of carbonyl (C=O) groups is 1. The van der Waals surface area contributed by atoms with Gasteiger partial charge in [-0.1, -0.05) is 25.9 Å². The lowest BCUT2D eigenvalue weighted by Gasteiger charge is -2.32. The quantitative estimate of drug-likeness (QED) is 0.561. The topological polar surface area (TPSA) is 99.0 Å². The van der Waals surface area contributed by atoms with E-state index in [4.69, 9.17) is 0 Å². The van der Waals surface area contributed by atoms with E-state index in [-0.39, 0.29) is 18.4 Å². The van der Waals surface area contributed by atoms with Crippen LogP contribution in [0.3, 0.4) is 0 Å². The fourth-order valence-electron chi connectivity index (χ4n) is 1.66. The first kappa shape index (κ1) is 16.0. The number of rotatable bonds is 7. The SMILES string of the molecule is CC(=O)N[C@@H](C(C)C)[C@@H](O)[C@@H](O)[C@H](C)CN=O. The van der Waals surface area contributed by atoms with E-state index in [1.807, 2.05) is 13.8 Å². The summed E-state index contributed by atoms with van der Waals surface area (Å²) in [6, 6.07) is -0.545. The Labute approximate surface area is 101 Å². The van der Waals surface area contributed by atoms with Crippen LogP contribution in [0.5, 0.6) is 0 Å². The third-order valence-electron chi connectivity index (χ3n) is 2.75. The molecule has 0 aliphatic rings. The second kappa shape index (κ2) is 7.34. The normalized spacial score (nSPS) is 18.3. The predicted octanol–water partition coefficient (Wildman–Crippen LogP) is 0.271. The number of aliphatic hydroxyl groups is 2. The van der Waals surface area contributed by atoms with E-state index in [0.29, 0.717) is 0 Å². The molecule has 100 valence electrons. The Morgan fingerprint density at radius 3 is 2.12 bits per heavy atom. The van der Waals surface area contributed by atoms with Gasteiger partial charge in [0, 0.05) is 12.8 Å². The van der Waals surface area contributed by atoms with Gasteiger partial charge in [0.1, 0.15) is 6.10 Å². The van der Waals surface area contributed by atoms with Crippen molar-refractivity contribution in [2.75, 3.05) is 6.54 Å². The molecule has 6 heteroatoms. The van der Waals surface area contributed by atoms with E-state index < -0.39 is 24.2 Å². The van der Waals surface area contributed by atoms with Crippen molar-refractivity contribution in [3.05, 3.63) is 4.91 Å². The second-order valence-corrected chi connectivity index (χ2v) is 4.74. The zero-order chi connectivity index (χ0) is 13.6. The van der Waals surface area contributed by atoms with Gasteiger partial charge in [0.2, 0.25) is 5.91 Å². The summed E-state index contributed by atoms with van der Waals surface area (Å²) in [5, 5.41) is 25.1. The minimum Gasteiger partial charge on any atom is -0.390 e. The van der Waals surface area contributed by atoms with Crippen LogP contribution in [0.1, 0.15) is 27.7 Å². The molecule has 1 amide bonds. The Bertz CT molecular complexity index is 258. The molecule has 3 N–H and O–H groups in total. The number of hydrogen-bond donors (Lipinski definition) is 3. The van der Waals surface area contributed by atoms with Crippen LogP contribution in [0.2, 0.25) is 0 Å². The van der Waals surface area contributed by atoms with Crippen LogP contribution in [0, 0.1) is 16.7 Å². The molecule has 0 aromatic carbocycles. The van der Waals surface area contributed by atoms with E-state index in [1.165, 1.54) is 6.92 Å². The summed E-state index contributed by atoms with van der Waals surface area (Å²) in [5.41, 5.74) is 0. The lowest BCUT2D eigenvalue weighted by molar-refractivity contribution is -0.122. The largest absolute Gasteiger partial charge is 0.390 e. The minimum absolute atomic E-state index is 0.0278. The Kier molecular flexibility index (Phi) is 6.91. The van der Waals surface area contributed by atoms with Crippen LogP contribution in [0.25, 0.3) is 0 Å². The molecule has 4 atom stereocenters. The average Bonchev–Trinajstić information content (AvgIpc) is 2.23. The van der Waals surface area contributed by atoms with Crippen molar-refractivity contribution in [1.82, 2.24) is 5.32 Å². The van der Waals surface area contributed by atoms with Gasteiger partial charge in [-0.25, -0.2) is 0 Å². The highest BCUT2D eigenvalue weighted by molar-refractivity contribution is 5.73. The summed E-state index contributed by atoms with van der Waals surface area (Å²) < 4.78 is 0. The van der Waals surface area contributed by atoms with Gasteiger partial charge >= 0.3 is 0 Å². The maximum absolute atomic E-state index is 11.0. The first-order valence-corrected chi connectivity index (χ1v) is 5.73. The first-order valence-electron chi connectivity index (χ1n) is 5.73. The summed E-state index contributed by atoms with van der Waals surface area (Å²) in [6.07, 6.45) is -2.21. The highest BCUT2D eigenvalue weighted by Gasteiger charge is 2.32. The molecule has 0 saturated heterocycles. The number of nitrogens with one attached hydrogen (secondary N) is 1. The van der Waals surface area contributed by atoms with Gasteiger partial charge < -0.3 is 15.5 Å². The molecule has 0 heterocycles. The molecule has 0 rings (SSSR count). The first-order chi connectivity index (χ1) is 7.81. The number of aliphatic hydroxyl groups excluding tert-OH is 2. The van der Waals surface area contributed by atoms with Gasteiger partial charge in [0.15, 0.2) is 0 Å². The molecule has 6 nitrogen and oxygen atoms in total. The molecular formula is C11H22N2O4. The Hall–Kier alpha value is -1.01. The van der Waals surface area contributed by atoms with Crippen molar-refractivity contribution in [2.45, 2.75) is 45.9 Å². The molecule has 0 spiro atoms. The zero-order valence-electron chi connectivity index (χ0n) is 10.8. The Balaban J connectivity index is 4.64. The van der Waals surface area contributed by atoms with E-state index in [0.717, 1.165) is 0 Å². The van der Waals surface area contributed by atoms with Crippen LogP contribution < -0.4 is 5.32 Å². The predicted molar refractivity (Wildman–Crippen MR) is 64.3 cm³/mol. The highest BCUT2D eigenvalue weighted by Crippen LogP contribution is 2.16. The van der Waals surface area contributed by atoms with Crippen molar-refractivity contribution >= 4 is 5.91 Å². The lowest BCUT2D eigenvalue weighted by Crippen LogP contribution is -2.52. The molecule has 17 heavy (non-hydrogen) atoms. The molecule has 0 saturated carbocycles. The van der Waals surface area contributed by atoms with E-state index in [1.54, 1.807) is 6.92 Å². The number of nitroso groups, excluding NO2 is 1. The van der Waals surface area contributed by atoms with Crippen molar-refractivity contribution in [3.63, 3.8) is 0 Å². The van der Waals surface area contributed by atoms with E-state index in [2.05, 4.69) is 10.5 Å². The van der Waals surface area contributed by atoms with Crippen molar-refractivity contribution in [2.24, 2.45) is 17.0 Å². The molecule has 0 aromatic rings. The smallest absolute Gasteiger partial charge is 0.217 e. The third-order valence-corrected chi connectivity index (χ3v) is 2.75. The van der Waals surface area contributed by atoms with Crippen LogP contribution in [-0.2, 0) is 4.79 Å². The summed E-state index contributed by atoms with van der Waals surface area (Å²) in [5.74, 6) is -0.742. The summed E-state index contributed by atoms with van der Waals surface area (Å²) in [6.45, 7) is 6.58. The summed E-state index contributed by atoms with van der Waals surface area (Å²) in [4.78, 5) is 21.1. The van der Waals surface area contributed by atoms with Gasteiger partial charge in [0.05, 0.1) is 18.7 Å². The van der Waals surface area contributed by atoms with Crippen LogP contribution in [0.4, 0.5) is 0 Å². The fraction of sp³-hybridized carbons (Fsp3) is 0.909. The van der Waals surface area contributed by atoms with Crippen molar-refractivity contribution < 1.29 is 15.0 Å². The monoisotopic (exact) mass is 246 g/mol. The maximum Gasteiger partial charge on any atom is 0.217 e. The van der Waals surface area contributed by atoms with Crippen LogP contribution >= 0.6 is 0 Å². The minimum atomic E-state index is -1.12. The number of carbonyl (C=O) groups excluding carboxylic acids is 1. The van der Waals surface area contributed by atoms with Crippen molar-refractivity contribution in [1.29, 1.82) is 0 Å². The molecule has 0 aromatic heterocycles. The lowest BCUT2D eigenvalue weighted by atomic mass is 9.89. The van der Waals surface area contributed by atoms with E-state index >= 15 is 0 Å². The fourth-order valence-corrected chi connectivity index (χ4v) is 1.66. The molecule has 0 bridgehead atoms. The molecule has 0 fully saturated rings. The zero-order valence-corrected chi connectivity index (χ0v) is 10.8.